The maximum absolute atomic E-state index is 13.3. The van der Waals surface area contributed by atoms with Gasteiger partial charge in [0.05, 0.1) is 10.6 Å². The molecule has 0 N–H and O–H groups in total. The van der Waals surface area contributed by atoms with E-state index in [0.29, 0.717) is 5.39 Å². The highest BCUT2D eigenvalue weighted by atomic mass is 32.2. The first-order valence-corrected chi connectivity index (χ1v) is 13.1. The van der Waals surface area contributed by atoms with Crippen LogP contribution in [0.1, 0.15) is 50.7 Å². The molecule has 1 aromatic heterocycles. The maximum atomic E-state index is 13.3. The Morgan fingerprint density at radius 3 is 2.19 bits per heavy atom. The summed E-state index contributed by atoms with van der Waals surface area (Å²) in [4.78, 5) is 15.3. The molecule has 0 aliphatic heterocycles. The number of hydrogen-bond donors (Lipinski definition) is 0. The number of sulfone groups is 1. The van der Waals surface area contributed by atoms with Crippen molar-refractivity contribution in [2.24, 2.45) is 0 Å². The molecule has 0 unspecified atom stereocenters. The summed E-state index contributed by atoms with van der Waals surface area (Å²) in [5.41, 5.74) is 2.63. The molecule has 5 nitrogen and oxygen atoms in total. The second-order valence-electron chi connectivity index (χ2n) is 8.47. The van der Waals surface area contributed by atoms with Crippen LogP contribution in [0.5, 0.6) is 0 Å². The summed E-state index contributed by atoms with van der Waals surface area (Å²) < 4.78 is 28.4. The van der Waals surface area contributed by atoms with E-state index in [1.165, 1.54) is 0 Å². The number of hydrogen-bond acceptors (Lipinski definition) is 3. The summed E-state index contributed by atoms with van der Waals surface area (Å²) in [5, 5.41) is 0.668. The molecule has 0 spiro atoms. The molecule has 1 amide bonds. The van der Waals surface area contributed by atoms with Crippen molar-refractivity contribution >= 4 is 26.6 Å². The van der Waals surface area contributed by atoms with Gasteiger partial charge in [0.15, 0.2) is 9.84 Å². The Morgan fingerprint density at radius 2 is 1.56 bits per heavy atom. The fourth-order valence-corrected chi connectivity index (χ4v) is 5.46. The van der Waals surface area contributed by atoms with Gasteiger partial charge < -0.3 is 9.47 Å². The lowest BCUT2D eigenvalue weighted by Crippen LogP contribution is -2.35. The molecule has 2 aromatic carbocycles. The summed E-state index contributed by atoms with van der Waals surface area (Å²) in [5.74, 6) is -0.0240. The molecular weight excluding hydrogens is 420 g/mol. The fraction of sp³-hybridized carbons (Fsp3) is 0.423. The van der Waals surface area contributed by atoms with Gasteiger partial charge in [0.25, 0.3) is 0 Å². The van der Waals surface area contributed by atoms with Crippen molar-refractivity contribution < 1.29 is 13.2 Å². The quantitative estimate of drug-likeness (QED) is 0.392. The number of benzene rings is 2. The number of aryl methyl sites for hydroxylation is 1. The Labute approximate surface area is 192 Å². The first-order chi connectivity index (χ1) is 15.4. The molecule has 0 saturated carbocycles. The number of aromatic nitrogens is 1. The van der Waals surface area contributed by atoms with Gasteiger partial charge in [-0.25, -0.2) is 8.42 Å². The van der Waals surface area contributed by atoms with E-state index < -0.39 is 9.84 Å². The van der Waals surface area contributed by atoms with Crippen LogP contribution < -0.4 is 0 Å². The summed E-state index contributed by atoms with van der Waals surface area (Å²) in [6.45, 7) is 7.85. The normalized spacial score (nSPS) is 11.7. The third kappa shape index (κ3) is 5.80. The predicted octanol–water partition coefficient (Wildman–Crippen LogP) is 5.35. The van der Waals surface area contributed by atoms with Crippen molar-refractivity contribution in [2.45, 2.75) is 63.6 Å². The average Bonchev–Trinajstić information content (AvgIpc) is 3.15. The Morgan fingerprint density at radius 1 is 0.938 bits per heavy atom. The Kier molecular flexibility index (Phi) is 8.13. The Bertz CT molecular complexity index is 1140. The van der Waals surface area contributed by atoms with E-state index in [0.717, 1.165) is 55.4 Å². The molecule has 0 aliphatic rings. The largest absolute Gasteiger partial charge is 0.341 e. The van der Waals surface area contributed by atoms with Crippen LogP contribution in [0.4, 0.5) is 0 Å². The first kappa shape index (κ1) is 24.1. The lowest BCUT2D eigenvalue weighted by Gasteiger charge is -2.23. The van der Waals surface area contributed by atoms with Gasteiger partial charge in [-0.1, -0.05) is 74.7 Å². The number of fused-ring (bicyclic) bond motifs is 1. The average molecular weight is 455 g/mol. The van der Waals surface area contributed by atoms with Crippen molar-refractivity contribution in [3.05, 3.63) is 65.9 Å². The molecule has 0 bridgehead atoms. The van der Waals surface area contributed by atoms with Gasteiger partial charge in [0, 0.05) is 30.2 Å². The molecule has 3 aromatic rings. The van der Waals surface area contributed by atoms with E-state index in [2.05, 4.69) is 13.8 Å². The smallest absolute Gasteiger partial charge is 0.242 e. The van der Waals surface area contributed by atoms with Crippen LogP contribution in [0.2, 0.25) is 0 Å². The van der Waals surface area contributed by atoms with Gasteiger partial charge in [-0.3, -0.25) is 4.79 Å². The number of para-hydroxylation sites is 1. The summed E-state index contributed by atoms with van der Waals surface area (Å²) in [7, 11) is -3.56. The molecule has 0 radical (unpaired) electrons. The van der Waals surface area contributed by atoms with Gasteiger partial charge in [-0.15, -0.1) is 0 Å². The minimum absolute atomic E-state index is 0.0372. The highest BCUT2D eigenvalue weighted by Gasteiger charge is 2.23. The molecule has 0 aliphatic carbocycles. The van der Waals surface area contributed by atoms with Crippen molar-refractivity contribution in [2.75, 3.05) is 13.1 Å². The second-order valence-corrected chi connectivity index (χ2v) is 10.4. The maximum Gasteiger partial charge on any atom is 0.242 e. The second kappa shape index (κ2) is 10.8. The van der Waals surface area contributed by atoms with E-state index in [-0.39, 0.29) is 23.1 Å². The van der Waals surface area contributed by atoms with Crippen molar-refractivity contribution in [3.8, 4) is 0 Å². The number of nitrogens with zero attached hydrogens (tertiary/aromatic N) is 2. The van der Waals surface area contributed by atoms with Crippen LogP contribution in [0.15, 0.2) is 59.6 Å². The molecule has 6 heteroatoms. The van der Waals surface area contributed by atoms with Gasteiger partial charge in [0.2, 0.25) is 5.91 Å². The Hall–Kier alpha value is -2.60. The highest BCUT2D eigenvalue weighted by Crippen LogP contribution is 2.28. The zero-order valence-corrected chi connectivity index (χ0v) is 20.2. The molecule has 172 valence electrons. The van der Waals surface area contributed by atoms with Crippen LogP contribution in [0.25, 0.3) is 10.9 Å². The van der Waals surface area contributed by atoms with Crippen LogP contribution in [-0.2, 0) is 26.9 Å². The highest BCUT2D eigenvalue weighted by molar-refractivity contribution is 7.90. The summed E-state index contributed by atoms with van der Waals surface area (Å²) in [6.07, 6.45) is 5.65. The van der Waals surface area contributed by atoms with Gasteiger partial charge >= 0.3 is 0 Å². The lowest BCUT2D eigenvalue weighted by molar-refractivity contribution is -0.131. The van der Waals surface area contributed by atoms with E-state index in [1.54, 1.807) is 10.8 Å². The summed E-state index contributed by atoms with van der Waals surface area (Å²) in [6, 6.07) is 15.0. The number of amides is 1. The molecule has 0 atom stereocenters. The van der Waals surface area contributed by atoms with Crippen LogP contribution in [0, 0.1) is 6.92 Å². The van der Waals surface area contributed by atoms with Crippen LogP contribution in [-0.4, -0.2) is 36.9 Å². The zero-order chi connectivity index (χ0) is 23.1. The SMILES string of the molecule is CCCCN(CCCC)C(=O)Cn1cc(S(=O)(=O)Cc2ccc(C)cc2)c2ccccc21. The summed E-state index contributed by atoms with van der Waals surface area (Å²) >= 11 is 0. The number of rotatable bonds is 11. The Balaban J connectivity index is 1.91. The first-order valence-electron chi connectivity index (χ1n) is 11.5. The van der Waals surface area contributed by atoms with Crippen molar-refractivity contribution in [1.29, 1.82) is 0 Å². The number of carbonyl (C=O) groups excluding carboxylic acids is 1. The van der Waals surface area contributed by atoms with Gasteiger partial charge in [-0.2, -0.15) is 0 Å². The third-order valence-electron chi connectivity index (χ3n) is 5.79. The minimum atomic E-state index is -3.56. The number of carbonyl (C=O) groups is 1. The molecule has 1 heterocycles. The third-order valence-corrected chi connectivity index (χ3v) is 7.49. The predicted molar refractivity (Wildman–Crippen MR) is 130 cm³/mol. The lowest BCUT2D eigenvalue weighted by atomic mass is 10.2. The van der Waals surface area contributed by atoms with Crippen LogP contribution in [0.3, 0.4) is 0 Å². The topological polar surface area (TPSA) is 59.4 Å². The zero-order valence-electron chi connectivity index (χ0n) is 19.4. The monoisotopic (exact) mass is 454 g/mol. The van der Waals surface area contributed by atoms with Crippen molar-refractivity contribution in [3.63, 3.8) is 0 Å². The van der Waals surface area contributed by atoms with Crippen molar-refractivity contribution in [1.82, 2.24) is 9.47 Å². The van der Waals surface area contributed by atoms with E-state index in [9.17, 15) is 13.2 Å². The van der Waals surface area contributed by atoms with E-state index in [1.807, 2.05) is 60.4 Å². The van der Waals surface area contributed by atoms with E-state index in [4.69, 9.17) is 0 Å². The number of unbranched alkanes of at least 4 members (excludes halogenated alkanes) is 2. The minimum Gasteiger partial charge on any atom is -0.341 e. The van der Waals surface area contributed by atoms with Gasteiger partial charge in [-0.05, 0) is 31.4 Å². The molecular formula is C26H34N2O3S. The standard InChI is InChI=1S/C26H34N2O3S/c1-4-6-16-27(17-7-5-2)26(29)19-28-18-25(23-10-8-9-11-24(23)28)32(30,31)20-22-14-12-21(3)13-15-22/h8-15,18H,4-7,16-17,19-20H2,1-3H3. The van der Waals surface area contributed by atoms with Gasteiger partial charge in [0.1, 0.15) is 6.54 Å². The molecule has 0 saturated heterocycles. The van der Waals surface area contributed by atoms with Crippen LogP contribution >= 0.6 is 0 Å². The fourth-order valence-electron chi connectivity index (χ4n) is 3.88. The van der Waals surface area contributed by atoms with E-state index >= 15 is 0 Å². The molecule has 0 fully saturated rings. The molecule has 32 heavy (non-hydrogen) atoms. The molecule has 3 rings (SSSR count).